The Morgan fingerprint density at radius 3 is 2.48 bits per heavy atom. The molecular formula is C22H25N5O3S. The molecule has 1 amide bonds. The van der Waals surface area contributed by atoms with Crippen LogP contribution in [0.15, 0.2) is 66.0 Å². The third-order valence-electron chi connectivity index (χ3n) is 5.30. The summed E-state index contributed by atoms with van der Waals surface area (Å²) in [5, 5.41) is 7.04. The number of benzene rings is 1. The van der Waals surface area contributed by atoms with E-state index in [0.29, 0.717) is 35.9 Å². The zero-order valence-corrected chi connectivity index (χ0v) is 18.0. The number of amides is 1. The van der Waals surface area contributed by atoms with E-state index in [2.05, 4.69) is 15.4 Å². The zero-order valence-electron chi connectivity index (χ0n) is 17.1. The number of piperidine rings is 1. The molecule has 1 aromatic carbocycles. The summed E-state index contributed by atoms with van der Waals surface area (Å²) in [6.07, 6.45) is 8.73. The molecule has 1 aliphatic heterocycles. The number of anilines is 1. The highest BCUT2D eigenvalue weighted by Gasteiger charge is 2.25. The molecule has 1 fully saturated rings. The fraction of sp³-hybridized carbons (Fsp3) is 0.318. The predicted octanol–water partition coefficient (Wildman–Crippen LogP) is 3.01. The van der Waals surface area contributed by atoms with E-state index in [4.69, 9.17) is 0 Å². The molecule has 2 aromatic heterocycles. The van der Waals surface area contributed by atoms with Gasteiger partial charge in [-0.25, -0.2) is 18.1 Å². The first-order valence-electron chi connectivity index (χ1n) is 10.4. The largest absolute Gasteiger partial charge is 0.323 e. The highest BCUT2D eigenvalue weighted by atomic mass is 32.2. The third kappa shape index (κ3) is 5.00. The highest BCUT2D eigenvalue weighted by Crippen LogP contribution is 2.21. The van der Waals surface area contributed by atoms with Crippen LogP contribution in [0, 0.1) is 0 Å². The molecule has 1 saturated heterocycles. The molecular weight excluding hydrogens is 414 g/mol. The number of sulfonamides is 1. The molecule has 0 aliphatic carbocycles. The number of hydrogen-bond donors (Lipinski definition) is 1. The van der Waals surface area contributed by atoms with Crippen LogP contribution in [0.5, 0.6) is 0 Å². The van der Waals surface area contributed by atoms with Crippen molar-refractivity contribution < 1.29 is 13.2 Å². The van der Waals surface area contributed by atoms with Crippen molar-refractivity contribution in [1.82, 2.24) is 19.1 Å². The van der Waals surface area contributed by atoms with Crippen LogP contribution >= 0.6 is 0 Å². The van der Waals surface area contributed by atoms with Gasteiger partial charge in [-0.05, 0) is 55.2 Å². The number of aryl methyl sites for hydroxylation is 1. The molecule has 0 spiro atoms. The monoisotopic (exact) mass is 439 g/mol. The molecule has 3 aromatic rings. The predicted molar refractivity (Wildman–Crippen MR) is 117 cm³/mol. The maximum absolute atomic E-state index is 12.7. The molecule has 0 unspecified atom stereocenters. The second-order valence-corrected chi connectivity index (χ2v) is 9.42. The second-order valence-electron chi connectivity index (χ2n) is 7.48. The highest BCUT2D eigenvalue weighted by molar-refractivity contribution is 7.89. The van der Waals surface area contributed by atoms with E-state index in [1.807, 2.05) is 0 Å². The molecule has 3 heterocycles. The van der Waals surface area contributed by atoms with Crippen molar-refractivity contribution in [3.63, 3.8) is 0 Å². The van der Waals surface area contributed by atoms with Gasteiger partial charge in [-0.3, -0.25) is 4.79 Å². The van der Waals surface area contributed by atoms with Gasteiger partial charge in [0.15, 0.2) is 5.82 Å². The van der Waals surface area contributed by atoms with Gasteiger partial charge in [0, 0.05) is 38.1 Å². The third-order valence-corrected chi connectivity index (χ3v) is 7.21. The van der Waals surface area contributed by atoms with Crippen molar-refractivity contribution in [2.75, 3.05) is 18.4 Å². The normalized spacial score (nSPS) is 15.0. The minimum absolute atomic E-state index is 0.147. The number of hydrogen-bond acceptors (Lipinski definition) is 5. The first-order chi connectivity index (χ1) is 15.0. The molecule has 162 valence electrons. The van der Waals surface area contributed by atoms with Gasteiger partial charge in [-0.2, -0.15) is 9.40 Å². The molecule has 0 atom stereocenters. The summed E-state index contributed by atoms with van der Waals surface area (Å²) in [5.74, 6) is 0.402. The minimum Gasteiger partial charge on any atom is -0.323 e. The summed E-state index contributed by atoms with van der Waals surface area (Å²) in [6, 6.07) is 12.1. The van der Waals surface area contributed by atoms with Crippen LogP contribution < -0.4 is 5.32 Å². The number of aromatic nitrogens is 3. The standard InChI is InChI=1S/C22H25N5O3S/c28-21(25-20-6-4-13-23-22(20)27-17-5-14-24-27)12-9-18-7-10-19(11-8-18)31(29,30)26-15-2-1-3-16-26/h4-8,10-11,13-14,17H,1-3,9,12,15-16H2,(H,25,28). The van der Waals surface area contributed by atoms with Crippen molar-refractivity contribution >= 4 is 21.6 Å². The number of carbonyl (C=O) groups is 1. The lowest BCUT2D eigenvalue weighted by molar-refractivity contribution is -0.116. The van der Waals surface area contributed by atoms with Gasteiger partial charge >= 0.3 is 0 Å². The maximum atomic E-state index is 12.7. The number of carbonyl (C=O) groups excluding carboxylic acids is 1. The van der Waals surface area contributed by atoms with Crippen LogP contribution in [0.2, 0.25) is 0 Å². The van der Waals surface area contributed by atoms with Gasteiger partial charge in [-0.15, -0.1) is 0 Å². The topological polar surface area (TPSA) is 97.2 Å². The van der Waals surface area contributed by atoms with E-state index < -0.39 is 10.0 Å². The van der Waals surface area contributed by atoms with E-state index >= 15 is 0 Å². The molecule has 1 aliphatic rings. The van der Waals surface area contributed by atoms with Crippen LogP contribution in [0.4, 0.5) is 5.69 Å². The number of nitrogens with one attached hydrogen (secondary N) is 1. The van der Waals surface area contributed by atoms with E-state index in [1.165, 1.54) is 0 Å². The van der Waals surface area contributed by atoms with E-state index in [9.17, 15) is 13.2 Å². The summed E-state index contributed by atoms with van der Waals surface area (Å²) in [4.78, 5) is 17.1. The minimum atomic E-state index is -3.44. The summed E-state index contributed by atoms with van der Waals surface area (Å²) in [5.41, 5.74) is 1.49. The summed E-state index contributed by atoms with van der Waals surface area (Å²) < 4.78 is 28.6. The van der Waals surface area contributed by atoms with Crippen molar-refractivity contribution in [1.29, 1.82) is 0 Å². The molecule has 0 radical (unpaired) electrons. The first-order valence-corrected chi connectivity index (χ1v) is 11.8. The Hall–Kier alpha value is -3.04. The van der Waals surface area contributed by atoms with Crippen LogP contribution in [0.3, 0.4) is 0 Å². The molecule has 8 nitrogen and oxygen atoms in total. The zero-order chi connectivity index (χ0) is 21.7. The average molecular weight is 440 g/mol. The quantitative estimate of drug-likeness (QED) is 0.610. The summed E-state index contributed by atoms with van der Waals surface area (Å²) in [6.45, 7) is 1.16. The smallest absolute Gasteiger partial charge is 0.243 e. The molecule has 0 saturated carbocycles. The number of pyridine rings is 1. The Kier molecular flexibility index (Phi) is 6.43. The summed E-state index contributed by atoms with van der Waals surface area (Å²) >= 11 is 0. The van der Waals surface area contributed by atoms with Crippen molar-refractivity contribution in [2.45, 2.75) is 37.0 Å². The average Bonchev–Trinajstić information content (AvgIpc) is 3.34. The first kappa shape index (κ1) is 21.2. The molecule has 31 heavy (non-hydrogen) atoms. The lowest BCUT2D eigenvalue weighted by Crippen LogP contribution is -2.35. The Bertz CT molecular complexity index is 1120. The Morgan fingerprint density at radius 2 is 1.77 bits per heavy atom. The fourth-order valence-electron chi connectivity index (χ4n) is 3.62. The van der Waals surface area contributed by atoms with Gasteiger partial charge in [-0.1, -0.05) is 18.6 Å². The molecule has 4 rings (SSSR count). The molecule has 0 bridgehead atoms. The maximum Gasteiger partial charge on any atom is 0.243 e. The SMILES string of the molecule is O=C(CCc1ccc(S(=O)(=O)N2CCCCC2)cc1)Nc1cccnc1-n1cccn1. The van der Waals surface area contributed by atoms with Crippen molar-refractivity contribution in [2.24, 2.45) is 0 Å². The van der Waals surface area contributed by atoms with Crippen LogP contribution in [-0.4, -0.2) is 46.5 Å². The lowest BCUT2D eigenvalue weighted by Gasteiger charge is -2.25. The summed E-state index contributed by atoms with van der Waals surface area (Å²) in [7, 11) is -3.44. The van der Waals surface area contributed by atoms with Gasteiger partial charge in [0.05, 0.1) is 10.6 Å². The van der Waals surface area contributed by atoms with Gasteiger partial charge in [0.1, 0.15) is 0 Å². The van der Waals surface area contributed by atoms with E-state index in [1.54, 1.807) is 70.0 Å². The number of nitrogens with zero attached hydrogens (tertiary/aromatic N) is 4. The van der Waals surface area contributed by atoms with Crippen LogP contribution in [-0.2, 0) is 21.2 Å². The van der Waals surface area contributed by atoms with Crippen LogP contribution in [0.1, 0.15) is 31.2 Å². The lowest BCUT2D eigenvalue weighted by atomic mass is 10.1. The van der Waals surface area contributed by atoms with Crippen molar-refractivity contribution in [3.8, 4) is 5.82 Å². The fourth-order valence-corrected chi connectivity index (χ4v) is 5.14. The van der Waals surface area contributed by atoms with Crippen molar-refractivity contribution in [3.05, 3.63) is 66.6 Å². The van der Waals surface area contributed by atoms with Crippen LogP contribution in [0.25, 0.3) is 5.82 Å². The van der Waals surface area contributed by atoms with E-state index in [0.717, 1.165) is 24.8 Å². The molecule has 9 heteroatoms. The Labute approximate surface area is 182 Å². The molecule has 1 N–H and O–H groups in total. The Morgan fingerprint density at radius 1 is 1.00 bits per heavy atom. The van der Waals surface area contributed by atoms with E-state index in [-0.39, 0.29) is 12.3 Å². The second kappa shape index (κ2) is 9.40. The van der Waals surface area contributed by atoms with Gasteiger partial charge < -0.3 is 5.32 Å². The number of rotatable bonds is 7. The Balaban J connectivity index is 1.36. The van der Waals surface area contributed by atoms with Gasteiger partial charge in [0.2, 0.25) is 15.9 Å². The van der Waals surface area contributed by atoms with Gasteiger partial charge in [0.25, 0.3) is 0 Å².